The van der Waals surface area contributed by atoms with E-state index in [0.717, 1.165) is 6.54 Å². The molecule has 7 nitrogen and oxygen atoms in total. The van der Waals surface area contributed by atoms with Crippen LogP contribution in [0.1, 0.15) is 0 Å². The summed E-state index contributed by atoms with van der Waals surface area (Å²) in [5.74, 6) is 5.34. The SMILES string of the molecule is CNc1nc(NCC2CSCCS2)nc(-n2ccnc2)n1. The topological polar surface area (TPSA) is 80.5 Å². The maximum absolute atomic E-state index is 4.44. The van der Waals surface area contributed by atoms with E-state index < -0.39 is 0 Å². The Hall–Kier alpha value is -1.48. The molecule has 0 saturated carbocycles. The van der Waals surface area contributed by atoms with Crippen molar-refractivity contribution in [3.8, 4) is 5.95 Å². The third-order valence-corrected chi connectivity index (χ3v) is 5.80. The third kappa shape index (κ3) is 3.79. The van der Waals surface area contributed by atoms with Gasteiger partial charge in [0.05, 0.1) is 0 Å². The smallest absolute Gasteiger partial charge is 0.241 e. The Balaban J connectivity index is 1.73. The van der Waals surface area contributed by atoms with Gasteiger partial charge in [0.15, 0.2) is 0 Å². The summed E-state index contributed by atoms with van der Waals surface area (Å²) in [6, 6.07) is 0. The van der Waals surface area contributed by atoms with Crippen molar-refractivity contribution in [2.45, 2.75) is 5.25 Å². The second kappa shape index (κ2) is 6.99. The standard InChI is InChI=1S/C12H17N7S2/c1-13-10-16-11(15-6-9-7-20-4-5-21-9)18-12(17-10)19-3-2-14-8-19/h2-3,8-9H,4-7H2,1H3,(H2,13,15,16,17,18). The minimum absolute atomic E-state index is 0.543. The summed E-state index contributed by atoms with van der Waals surface area (Å²) in [6.07, 6.45) is 5.18. The van der Waals surface area contributed by atoms with Crippen LogP contribution in [0.4, 0.5) is 11.9 Å². The van der Waals surface area contributed by atoms with Gasteiger partial charge in [0, 0.05) is 48.5 Å². The van der Waals surface area contributed by atoms with Crippen LogP contribution in [-0.2, 0) is 0 Å². The zero-order valence-electron chi connectivity index (χ0n) is 11.7. The number of nitrogens with one attached hydrogen (secondary N) is 2. The van der Waals surface area contributed by atoms with Crippen molar-refractivity contribution in [2.24, 2.45) is 0 Å². The highest BCUT2D eigenvalue weighted by atomic mass is 32.2. The summed E-state index contributed by atoms with van der Waals surface area (Å²) in [7, 11) is 1.80. The molecule has 2 aromatic heterocycles. The van der Waals surface area contributed by atoms with Crippen molar-refractivity contribution >= 4 is 35.4 Å². The van der Waals surface area contributed by atoms with Crippen molar-refractivity contribution < 1.29 is 0 Å². The fourth-order valence-corrected chi connectivity index (χ4v) is 4.52. The second-order valence-corrected chi connectivity index (χ2v) is 7.01. The summed E-state index contributed by atoms with van der Waals surface area (Å²) in [5.41, 5.74) is 0. The van der Waals surface area contributed by atoms with Crippen LogP contribution in [0.25, 0.3) is 5.95 Å². The molecule has 9 heteroatoms. The second-order valence-electron chi connectivity index (χ2n) is 4.45. The van der Waals surface area contributed by atoms with E-state index >= 15 is 0 Å². The van der Waals surface area contributed by atoms with Gasteiger partial charge in [-0.2, -0.15) is 38.5 Å². The number of hydrogen-bond acceptors (Lipinski definition) is 8. The minimum atomic E-state index is 0.543. The first-order valence-corrected chi connectivity index (χ1v) is 8.91. The molecule has 0 radical (unpaired) electrons. The summed E-state index contributed by atoms with van der Waals surface area (Å²) in [6.45, 7) is 0.869. The van der Waals surface area contributed by atoms with Crippen LogP contribution >= 0.6 is 23.5 Å². The molecule has 2 N–H and O–H groups in total. The molecule has 2 aromatic rings. The zero-order chi connectivity index (χ0) is 14.5. The van der Waals surface area contributed by atoms with Gasteiger partial charge in [0.2, 0.25) is 17.8 Å². The van der Waals surface area contributed by atoms with Crippen LogP contribution in [0.3, 0.4) is 0 Å². The lowest BCUT2D eigenvalue weighted by molar-refractivity contribution is 0.885. The molecule has 1 atom stereocenters. The number of imidazole rings is 1. The molecule has 3 rings (SSSR count). The molecule has 1 saturated heterocycles. The molecule has 0 bridgehead atoms. The van der Waals surface area contributed by atoms with Gasteiger partial charge in [-0.25, -0.2) is 4.98 Å². The van der Waals surface area contributed by atoms with Crippen LogP contribution in [-0.4, -0.2) is 60.6 Å². The number of anilines is 2. The normalized spacial score (nSPS) is 18.4. The largest absolute Gasteiger partial charge is 0.357 e. The Kier molecular flexibility index (Phi) is 4.81. The first-order chi connectivity index (χ1) is 10.3. The monoisotopic (exact) mass is 323 g/mol. The van der Waals surface area contributed by atoms with Crippen LogP contribution in [0, 0.1) is 0 Å². The molecule has 21 heavy (non-hydrogen) atoms. The molecule has 1 fully saturated rings. The van der Waals surface area contributed by atoms with Gasteiger partial charge in [0.25, 0.3) is 0 Å². The van der Waals surface area contributed by atoms with Gasteiger partial charge in [-0.1, -0.05) is 0 Å². The Morgan fingerprint density at radius 3 is 2.90 bits per heavy atom. The molecular weight excluding hydrogens is 306 g/mol. The molecule has 0 aromatic carbocycles. The minimum Gasteiger partial charge on any atom is -0.357 e. The molecule has 112 valence electrons. The lowest BCUT2D eigenvalue weighted by atomic mass is 10.5. The van der Waals surface area contributed by atoms with Crippen LogP contribution in [0.5, 0.6) is 0 Å². The van der Waals surface area contributed by atoms with Crippen molar-refractivity contribution in [3.05, 3.63) is 18.7 Å². The molecule has 1 aliphatic heterocycles. The van der Waals surface area contributed by atoms with Gasteiger partial charge in [0.1, 0.15) is 6.33 Å². The van der Waals surface area contributed by atoms with Crippen LogP contribution < -0.4 is 10.6 Å². The fourth-order valence-electron chi connectivity index (χ4n) is 1.91. The Bertz CT molecular complexity index is 569. The van der Waals surface area contributed by atoms with Gasteiger partial charge < -0.3 is 10.6 Å². The van der Waals surface area contributed by atoms with Gasteiger partial charge in [-0.3, -0.25) is 4.57 Å². The highest BCUT2D eigenvalue weighted by Gasteiger charge is 2.15. The van der Waals surface area contributed by atoms with Gasteiger partial charge >= 0.3 is 0 Å². The van der Waals surface area contributed by atoms with Crippen molar-refractivity contribution in [1.82, 2.24) is 24.5 Å². The fraction of sp³-hybridized carbons (Fsp3) is 0.500. The van der Waals surface area contributed by atoms with E-state index in [1.165, 1.54) is 17.3 Å². The molecule has 1 aliphatic rings. The average Bonchev–Trinajstić information content (AvgIpc) is 3.08. The Morgan fingerprint density at radius 1 is 1.29 bits per heavy atom. The third-order valence-electron chi connectivity index (χ3n) is 2.96. The Labute approximate surface area is 131 Å². The summed E-state index contributed by atoms with van der Waals surface area (Å²) < 4.78 is 1.76. The predicted octanol–water partition coefficient (Wildman–Crippen LogP) is 1.36. The van der Waals surface area contributed by atoms with Gasteiger partial charge in [-0.15, -0.1) is 0 Å². The number of aromatic nitrogens is 5. The zero-order valence-corrected chi connectivity index (χ0v) is 13.3. The summed E-state index contributed by atoms with van der Waals surface area (Å²) in [4.78, 5) is 17.1. The average molecular weight is 323 g/mol. The first kappa shape index (κ1) is 14.5. The first-order valence-electron chi connectivity index (χ1n) is 6.70. The molecule has 1 unspecified atom stereocenters. The molecule has 3 heterocycles. The quantitative estimate of drug-likeness (QED) is 0.854. The maximum Gasteiger partial charge on any atom is 0.241 e. The van der Waals surface area contributed by atoms with E-state index in [1.54, 1.807) is 24.1 Å². The van der Waals surface area contributed by atoms with E-state index in [-0.39, 0.29) is 0 Å². The number of hydrogen-bond donors (Lipinski definition) is 2. The maximum atomic E-state index is 4.44. The highest BCUT2D eigenvalue weighted by molar-refractivity contribution is 8.06. The van der Waals surface area contributed by atoms with Gasteiger partial charge in [-0.05, 0) is 0 Å². The molecular formula is C12H17N7S2. The highest BCUT2D eigenvalue weighted by Crippen LogP contribution is 2.24. The van der Waals surface area contributed by atoms with E-state index in [4.69, 9.17) is 0 Å². The van der Waals surface area contributed by atoms with Crippen molar-refractivity contribution in [2.75, 3.05) is 41.5 Å². The molecule has 0 spiro atoms. The van der Waals surface area contributed by atoms with E-state index in [1.807, 2.05) is 29.7 Å². The van der Waals surface area contributed by atoms with Crippen molar-refractivity contribution in [1.29, 1.82) is 0 Å². The van der Waals surface area contributed by atoms with Crippen LogP contribution in [0.15, 0.2) is 18.7 Å². The van der Waals surface area contributed by atoms with E-state index in [0.29, 0.717) is 23.1 Å². The van der Waals surface area contributed by atoms with Crippen molar-refractivity contribution in [3.63, 3.8) is 0 Å². The molecule has 0 amide bonds. The van der Waals surface area contributed by atoms with E-state index in [2.05, 4.69) is 30.6 Å². The Morgan fingerprint density at radius 2 is 2.19 bits per heavy atom. The predicted molar refractivity (Wildman–Crippen MR) is 88.6 cm³/mol. The molecule has 0 aliphatic carbocycles. The lowest BCUT2D eigenvalue weighted by Crippen LogP contribution is -2.24. The number of rotatable bonds is 5. The number of nitrogens with zero attached hydrogens (tertiary/aromatic N) is 5. The summed E-state index contributed by atoms with van der Waals surface area (Å²) >= 11 is 4.02. The summed E-state index contributed by atoms with van der Waals surface area (Å²) in [5, 5.41) is 6.89. The van der Waals surface area contributed by atoms with Crippen LogP contribution in [0.2, 0.25) is 0 Å². The van der Waals surface area contributed by atoms with E-state index in [9.17, 15) is 0 Å². The number of thioether (sulfide) groups is 2. The lowest BCUT2D eigenvalue weighted by Gasteiger charge is -2.21.